The first-order valence-electron chi connectivity index (χ1n) is 11.2. The minimum Gasteiger partial charge on any atom is -0.456 e. The van der Waals surface area contributed by atoms with Crippen molar-refractivity contribution in [3.8, 4) is 0 Å². The van der Waals surface area contributed by atoms with Gasteiger partial charge in [0.05, 0.1) is 28.8 Å². The number of hydrogen-bond donors (Lipinski definition) is 1. The molecule has 0 saturated carbocycles. The molecule has 12 heteroatoms. The third kappa shape index (κ3) is 7.82. The van der Waals surface area contributed by atoms with Gasteiger partial charge in [0.25, 0.3) is 0 Å². The second kappa shape index (κ2) is 12.8. The van der Waals surface area contributed by atoms with Crippen LogP contribution in [0.4, 0.5) is 11.4 Å². The van der Waals surface area contributed by atoms with Crippen molar-refractivity contribution in [2.24, 2.45) is 0 Å². The van der Waals surface area contributed by atoms with E-state index in [1.54, 1.807) is 42.5 Å². The van der Waals surface area contributed by atoms with Gasteiger partial charge in [-0.15, -0.1) is 0 Å². The summed E-state index contributed by atoms with van der Waals surface area (Å²) < 4.78 is 26.7. The van der Waals surface area contributed by atoms with E-state index in [9.17, 15) is 19.2 Å². The van der Waals surface area contributed by atoms with Gasteiger partial charge in [-0.3, -0.25) is 19.2 Å². The Bertz CT molecular complexity index is 1150. The van der Waals surface area contributed by atoms with Crippen molar-refractivity contribution in [2.75, 3.05) is 11.9 Å². The zero-order chi connectivity index (χ0) is 27.1. The highest BCUT2D eigenvalue weighted by Crippen LogP contribution is 2.34. The van der Waals surface area contributed by atoms with Gasteiger partial charge >= 0.3 is 23.9 Å². The highest BCUT2D eigenvalue weighted by molar-refractivity contribution is 6.39. The van der Waals surface area contributed by atoms with Crippen LogP contribution in [0.15, 0.2) is 42.5 Å². The molecule has 2 aromatic carbocycles. The Morgan fingerprint density at radius 2 is 1.43 bits per heavy atom. The molecule has 37 heavy (non-hydrogen) atoms. The minimum atomic E-state index is -1.43. The van der Waals surface area contributed by atoms with Crippen LogP contribution in [-0.4, -0.2) is 55.1 Å². The lowest BCUT2D eigenvalue weighted by atomic mass is 10.0. The maximum Gasteiger partial charge on any atom is 0.312 e. The summed E-state index contributed by atoms with van der Waals surface area (Å²) in [5.41, 5.74) is 1.58. The van der Waals surface area contributed by atoms with Crippen LogP contribution in [0, 0.1) is 0 Å². The number of hydrogen-bond acceptors (Lipinski definition) is 10. The van der Waals surface area contributed by atoms with E-state index in [1.807, 2.05) is 0 Å². The van der Waals surface area contributed by atoms with Crippen LogP contribution >= 0.6 is 23.2 Å². The number of carbonyl (C=O) groups excluding carboxylic acids is 4. The van der Waals surface area contributed by atoms with Crippen LogP contribution in [0.1, 0.15) is 26.3 Å². The van der Waals surface area contributed by atoms with Gasteiger partial charge in [-0.25, -0.2) is 0 Å². The smallest absolute Gasteiger partial charge is 0.312 e. The van der Waals surface area contributed by atoms with Gasteiger partial charge in [-0.1, -0.05) is 47.5 Å². The van der Waals surface area contributed by atoms with Crippen molar-refractivity contribution in [3.05, 3.63) is 58.1 Å². The average molecular weight is 554 g/mol. The molecule has 4 atom stereocenters. The molecule has 1 N–H and O–H groups in total. The quantitative estimate of drug-likeness (QED) is 0.378. The third-order valence-corrected chi connectivity index (χ3v) is 5.76. The molecule has 2 aromatic rings. The molecule has 1 aliphatic rings. The highest BCUT2D eigenvalue weighted by atomic mass is 35.5. The molecule has 10 nitrogen and oxygen atoms in total. The van der Waals surface area contributed by atoms with Gasteiger partial charge < -0.3 is 29.0 Å². The van der Waals surface area contributed by atoms with Crippen LogP contribution in [-0.2, 0) is 49.3 Å². The number of esters is 4. The molecule has 198 valence electrons. The van der Waals surface area contributed by atoms with E-state index in [1.165, 1.54) is 6.92 Å². The molecule has 1 aliphatic heterocycles. The van der Waals surface area contributed by atoms with E-state index in [0.717, 1.165) is 13.8 Å². The first-order chi connectivity index (χ1) is 17.5. The normalized spacial score (nSPS) is 20.9. The maximum atomic E-state index is 12.9. The van der Waals surface area contributed by atoms with Crippen LogP contribution < -0.4 is 5.32 Å². The first kappa shape index (κ1) is 28.2. The largest absolute Gasteiger partial charge is 0.456 e. The summed E-state index contributed by atoms with van der Waals surface area (Å²) in [6.45, 7) is 3.16. The molecule has 0 aromatic heterocycles. The van der Waals surface area contributed by atoms with Gasteiger partial charge in [0.15, 0.2) is 12.2 Å². The molecule has 3 rings (SSSR count). The lowest BCUT2D eigenvalue weighted by Crippen LogP contribution is -2.58. The number of anilines is 2. The molecular weight excluding hydrogens is 529 g/mol. The van der Waals surface area contributed by atoms with E-state index in [-0.39, 0.29) is 13.0 Å². The number of ether oxygens (including phenoxy) is 5. The summed E-state index contributed by atoms with van der Waals surface area (Å²) >= 11 is 12.5. The highest BCUT2D eigenvalue weighted by Gasteiger charge is 2.48. The van der Waals surface area contributed by atoms with Gasteiger partial charge in [-0.2, -0.15) is 0 Å². The first-order valence-corrected chi connectivity index (χ1v) is 11.9. The number of halogens is 2. The molecule has 0 bridgehead atoms. The SMILES string of the molecule is CC(=O)O[C@@H]1[C@@H](OC(C)=O)[C@H](OC(=O)Cc2ccccc2Nc2c(Cl)cccc2Cl)OC[C@H]1OC(C)=O. The number of para-hydroxylation sites is 2. The van der Waals surface area contributed by atoms with Crippen molar-refractivity contribution in [1.29, 1.82) is 0 Å². The van der Waals surface area contributed by atoms with Crippen molar-refractivity contribution in [2.45, 2.75) is 51.8 Å². The summed E-state index contributed by atoms with van der Waals surface area (Å²) in [5, 5.41) is 3.91. The van der Waals surface area contributed by atoms with E-state index in [4.69, 9.17) is 46.9 Å². The van der Waals surface area contributed by atoms with Crippen LogP contribution in [0.5, 0.6) is 0 Å². The van der Waals surface area contributed by atoms with Crippen molar-refractivity contribution in [3.63, 3.8) is 0 Å². The Labute approximate surface area is 223 Å². The molecule has 0 amide bonds. The minimum absolute atomic E-state index is 0.205. The lowest BCUT2D eigenvalue weighted by molar-refractivity contribution is -0.274. The monoisotopic (exact) mass is 553 g/mol. The summed E-state index contributed by atoms with van der Waals surface area (Å²) in [6, 6.07) is 12.0. The van der Waals surface area contributed by atoms with Gasteiger partial charge in [0.2, 0.25) is 12.4 Å². The van der Waals surface area contributed by atoms with Gasteiger partial charge in [0, 0.05) is 26.5 Å². The topological polar surface area (TPSA) is 126 Å². The predicted octanol–water partition coefficient (Wildman–Crippen LogP) is 3.97. The summed E-state index contributed by atoms with van der Waals surface area (Å²) in [4.78, 5) is 47.9. The zero-order valence-electron chi connectivity index (χ0n) is 20.2. The molecule has 0 aliphatic carbocycles. The predicted molar refractivity (Wildman–Crippen MR) is 132 cm³/mol. The van der Waals surface area contributed by atoms with E-state index < -0.39 is 48.5 Å². The van der Waals surface area contributed by atoms with E-state index in [2.05, 4.69) is 5.32 Å². The van der Waals surface area contributed by atoms with Crippen molar-refractivity contribution < 1.29 is 42.9 Å². The van der Waals surface area contributed by atoms with Crippen molar-refractivity contribution in [1.82, 2.24) is 0 Å². The molecule has 0 spiro atoms. The standard InChI is InChI=1S/C25H25Cl2NO9/c1-13(29)34-20-12-33-25(24(36-15(3)31)23(20)35-14(2)30)37-21(32)11-16-7-4-5-10-19(16)28-22-17(26)8-6-9-18(22)27/h4-10,20,23-25,28H,11-12H2,1-3H3/t20-,23+,24-,25+/m1/s1. The Kier molecular flexibility index (Phi) is 9.73. The fourth-order valence-electron chi connectivity index (χ4n) is 3.69. The van der Waals surface area contributed by atoms with Crippen LogP contribution in [0.3, 0.4) is 0 Å². The van der Waals surface area contributed by atoms with Crippen LogP contribution in [0.25, 0.3) is 0 Å². The summed E-state index contributed by atoms with van der Waals surface area (Å²) in [6.07, 6.45) is -5.34. The Morgan fingerprint density at radius 1 is 0.838 bits per heavy atom. The average Bonchev–Trinajstić information content (AvgIpc) is 2.80. The third-order valence-electron chi connectivity index (χ3n) is 5.13. The van der Waals surface area contributed by atoms with Crippen LogP contribution in [0.2, 0.25) is 10.0 Å². The molecule has 1 fully saturated rings. The summed E-state index contributed by atoms with van der Waals surface area (Å²) in [7, 11) is 0. The Morgan fingerprint density at radius 3 is 2.05 bits per heavy atom. The van der Waals surface area contributed by atoms with Gasteiger partial charge in [-0.05, 0) is 23.8 Å². The molecule has 1 heterocycles. The van der Waals surface area contributed by atoms with Crippen molar-refractivity contribution >= 4 is 58.5 Å². The number of benzene rings is 2. The number of nitrogens with one attached hydrogen (secondary N) is 1. The molecular formula is C25H25Cl2NO9. The number of carbonyl (C=O) groups is 4. The second-order valence-electron chi connectivity index (χ2n) is 8.04. The maximum absolute atomic E-state index is 12.9. The number of rotatable bonds is 8. The molecule has 0 unspecified atom stereocenters. The Balaban J connectivity index is 1.79. The van der Waals surface area contributed by atoms with E-state index in [0.29, 0.717) is 27.0 Å². The van der Waals surface area contributed by atoms with Gasteiger partial charge in [0.1, 0.15) is 0 Å². The molecule has 0 radical (unpaired) electrons. The lowest BCUT2D eigenvalue weighted by Gasteiger charge is -2.39. The fraction of sp³-hybridized carbons (Fsp3) is 0.360. The van der Waals surface area contributed by atoms with E-state index >= 15 is 0 Å². The Hall–Kier alpha value is -3.34. The second-order valence-corrected chi connectivity index (χ2v) is 8.86. The fourth-order valence-corrected chi connectivity index (χ4v) is 4.18. The molecule has 1 saturated heterocycles. The summed E-state index contributed by atoms with van der Waals surface area (Å²) in [5.74, 6) is -2.86. The zero-order valence-corrected chi connectivity index (χ0v) is 21.7.